The van der Waals surface area contributed by atoms with Crippen LogP contribution in [0.5, 0.6) is 0 Å². The minimum Gasteiger partial charge on any atom is -0.117 e. The maximum Gasteiger partial charge on any atom is 0.0619 e. The third-order valence-electron chi connectivity index (χ3n) is 3.96. The summed E-state index contributed by atoms with van der Waals surface area (Å²) in [5, 5.41) is 0.257. The van der Waals surface area contributed by atoms with E-state index in [0.29, 0.717) is 5.92 Å². The molecule has 1 aromatic rings. The quantitative estimate of drug-likeness (QED) is 0.562. The molecule has 0 fully saturated rings. The fourth-order valence-electron chi connectivity index (χ4n) is 3.21. The molecule has 0 bridgehead atoms. The van der Waals surface area contributed by atoms with E-state index >= 15 is 0 Å². The van der Waals surface area contributed by atoms with E-state index in [-0.39, 0.29) is 5.38 Å². The second-order valence-corrected chi connectivity index (χ2v) is 5.15. The van der Waals surface area contributed by atoms with Gasteiger partial charge in [0.1, 0.15) is 0 Å². The summed E-state index contributed by atoms with van der Waals surface area (Å²) in [7, 11) is 0. The summed E-state index contributed by atoms with van der Waals surface area (Å²) in [4.78, 5) is 0. The van der Waals surface area contributed by atoms with Gasteiger partial charge in [-0.25, -0.2) is 0 Å². The Balaban J connectivity index is 2.22. The molecule has 1 heteroatoms. The number of rotatable bonds is 0. The lowest BCUT2D eigenvalue weighted by molar-refractivity contribution is 0.434. The average molecular weight is 207 g/mol. The summed E-state index contributed by atoms with van der Waals surface area (Å²) in [5.41, 5.74) is 4.58. The number of aryl methyl sites for hydroxylation is 1. The second kappa shape index (κ2) is 3.00. The van der Waals surface area contributed by atoms with Gasteiger partial charge in [-0.3, -0.25) is 0 Å². The standard InChI is InChI=1S/C13H15Cl/c1-8-10-6-2-4-9-5-3-7-11(12(9)10)13(8)14/h3,5,7-8,10,13H,2,4,6H2,1H3. The average Bonchev–Trinajstić information content (AvgIpc) is 2.47. The van der Waals surface area contributed by atoms with E-state index in [1.165, 1.54) is 24.8 Å². The van der Waals surface area contributed by atoms with Crippen molar-refractivity contribution in [1.29, 1.82) is 0 Å². The molecular formula is C13H15Cl. The van der Waals surface area contributed by atoms with E-state index in [1.54, 1.807) is 11.1 Å². The van der Waals surface area contributed by atoms with Crippen molar-refractivity contribution in [1.82, 2.24) is 0 Å². The molecule has 1 aromatic carbocycles. The smallest absolute Gasteiger partial charge is 0.0619 e. The molecule has 0 nitrogen and oxygen atoms in total. The molecular weight excluding hydrogens is 192 g/mol. The van der Waals surface area contributed by atoms with Crippen LogP contribution in [0.1, 0.15) is 47.8 Å². The fourth-order valence-corrected chi connectivity index (χ4v) is 3.58. The van der Waals surface area contributed by atoms with Crippen LogP contribution in [0.2, 0.25) is 0 Å². The molecule has 3 atom stereocenters. The van der Waals surface area contributed by atoms with Gasteiger partial charge in [-0.15, -0.1) is 11.6 Å². The largest absolute Gasteiger partial charge is 0.117 e. The van der Waals surface area contributed by atoms with Gasteiger partial charge in [0, 0.05) is 0 Å². The normalized spacial score (nSPS) is 34.3. The second-order valence-electron chi connectivity index (χ2n) is 4.68. The number of hydrogen-bond acceptors (Lipinski definition) is 0. The summed E-state index contributed by atoms with van der Waals surface area (Å²) in [6.45, 7) is 2.30. The van der Waals surface area contributed by atoms with Crippen molar-refractivity contribution < 1.29 is 0 Å². The molecule has 3 unspecified atom stereocenters. The van der Waals surface area contributed by atoms with Crippen LogP contribution in [0.25, 0.3) is 0 Å². The van der Waals surface area contributed by atoms with E-state index in [4.69, 9.17) is 11.6 Å². The summed E-state index contributed by atoms with van der Waals surface area (Å²) in [5.74, 6) is 1.38. The first-order chi connectivity index (χ1) is 6.79. The van der Waals surface area contributed by atoms with Crippen LogP contribution in [0.3, 0.4) is 0 Å². The fraction of sp³-hybridized carbons (Fsp3) is 0.538. The zero-order valence-corrected chi connectivity index (χ0v) is 9.22. The molecule has 3 rings (SSSR count). The van der Waals surface area contributed by atoms with Crippen LogP contribution >= 0.6 is 11.6 Å². The molecule has 0 spiro atoms. The maximum atomic E-state index is 6.47. The molecule has 0 aliphatic heterocycles. The molecule has 74 valence electrons. The number of benzene rings is 1. The Morgan fingerprint density at radius 3 is 3.07 bits per heavy atom. The molecule has 0 heterocycles. The molecule has 14 heavy (non-hydrogen) atoms. The first-order valence-corrected chi connectivity index (χ1v) is 5.98. The van der Waals surface area contributed by atoms with Gasteiger partial charge >= 0.3 is 0 Å². The van der Waals surface area contributed by atoms with Gasteiger partial charge < -0.3 is 0 Å². The Morgan fingerprint density at radius 2 is 2.21 bits per heavy atom. The highest BCUT2D eigenvalue weighted by atomic mass is 35.5. The lowest BCUT2D eigenvalue weighted by Crippen LogP contribution is -2.11. The highest BCUT2D eigenvalue weighted by Crippen LogP contribution is 2.53. The lowest BCUT2D eigenvalue weighted by Gasteiger charge is -2.24. The zero-order valence-electron chi connectivity index (χ0n) is 8.46. The number of hydrogen-bond donors (Lipinski definition) is 0. The van der Waals surface area contributed by atoms with Gasteiger partial charge in [0.05, 0.1) is 5.38 Å². The van der Waals surface area contributed by atoms with Gasteiger partial charge in [0.2, 0.25) is 0 Å². The summed E-state index contributed by atoms with van der Waals surface area (Å²) in [6.07, 6.45) is 3.94. The Morgan fingerprint density at radius 1 is 1.36 bits per heavy atom. The first kappa shape index (κ1) is 8.79. The van der Waals surface area contributed by atoms with Gasteiger partial charge in [-0.05, 0) is 47.8 Å². The topological polar surface area (TPSA) is 0 Å². The zero-order chi connectivity index (χ0) is 9.71. The Labute approximate surface area is 90.3 Å². The van der Waals surface area contributed by atoms with E-state index in [2.05, 4.69) is 25.1 Å². The first-order valence-electron chi connectivity index (χ1n) is 5.55. The van der Waals surface area contributed by atoms with Crippen molar-refractivity contribution in [2.75, 3.05) is 0 Å². The van der Waals surface area contributed by atoms with Gasteiger partial charge in [-0.1, -0.05) is 25.1 Å². The van der Waals surface area contributed by atoms with Crippen LogP contribution in [0.15, 0.2) is 18.2 Å². The van der Waals surface area contributed by atoms with Crippen molar-refractivity contribution in [3.8, 4) is 0 Å². The summed E-state index contributed by atoms with van der Waals surface area (Å²) in [6, 6.07) is 6.68. The minimum absolute atomic E-state index is 0.257. The van der Waals surface area contributed by atoms with Gasteiger partial charge in [-0.2, -0.15) is 0 Å². The van der Waals surface area contributed by atoms with Crippen LogP contribution in [0.4, 0.5) is 0 Å². The Bertz CT molecular complexity index is 369. The van der Waals surface area contributed by atoms with E-state index in [1.807, 2.05) is 0 Å². The van der Waals surface area contributed by atoms with Crippen LogP contribution in [0, 0.1) is 5.92 Å². The van der Waals surface area contributed by atoms with Crippen LogP contribution in [-0.2, 0) is 6.42 Å². The van der Waals surface area contributed by atoms with Crippen molar-refractivity contribution in [2.24, 2.45) is 5.92 Å². The van der Waals surface area contributed by atoms with Crippen molar-refractivity contribution in [3.05, 3.63) is 34.9 Å². The van der Waals surface area contributed by atoms with Crippen molar-refractivity contribution in [3.63, 3.8) is 0 Å². The molecule has 2 aliphatic carbocycles. The van der Waals surface area contributed by atoms with Gasteiger partial charge in [0.25, 0.3) is 0 Å². The molecule has 0 aromatic heterocycles. The van der Waals surface area contributed by atoms with Crippen molar-refractivity contribution in [2.45, 2.75) is 37.5 Å². The number of alkyl halides is 1. The molecule has 0 saturated carbocycles. The third-order valence-corrected chi connectivity index (χ3v) is 4.59. The van der Waals surface area contributed by atoms with Gasteiger partial charge in [0.15, 0.2) is 0 Å². The molecule has 0 amide bonds. The molecule has 0 N–H and O–H groups in total. The van der Waals surface area contributed by atoms with E-state index in [9.17, 15) is 0 Å². The Kier molecular flexibility index (Phi) is 1.88. The predicted octanol–water partition coefficient (Wildman–Crippen LogP) is 4.04. The van der Waals surface area contributed by atoms with Crippen LogP contribution in [-0.4, -0.2) is 0 Å². The SMILES string of the molecule is CC1C(Cl)c2cccc3c2C1CCC3. The van der Waals surface area contributed by atoms with E-state index < -0.39 is 0 Å². The summed E-state index contributed by atoms with van der Waals surface area (Å²) < 4.78 is 0. The Hall–Kier alpha value is -0.490. The third kappa shape index (κ3) is 1.01. The number of halogens is 1. The molecule has 0 radical (unpaired) electrons. The summed E-state index contributed by atoms with van der Waals surface area (Å²) >= 11 is 6.47. The van der Waals surface area contributed by atoms with E-state index in [0.717, 1.165) is 5.92 Å². The maximum absolute atomic E-state index is 6.47. The minimum atomic E-state index is 0.257. The molecule has 2 aliphatic rings. The van der Waals surface area contributed by atoms with Crippen molar-refractivity contribution >= 4 is 11.6 Å². The monoisotopic (exact) mass is 206 g/mol. The van der Waals surface area contributed by atoms with Crippen LogP contribution < -0.4 is 0 Å². The lowest BCUT2D eigenvalue weighted by atomic mass is 9.81. The predicted molar refractivity (Wildman–Crippen MR) is 59.9 cm³/mol. The highest BCUT2D eigenvalue weighted by Gasteiger charge is 2.39. The highest BCUT2D eigenvalue weighted by molar-refractivity contribution is 6.21. The molecule has 0 saturated heterocycles.